The van der Waals surface area contributed by atoms with E-state index in [4.69, 9.17) is 4.42 Å². The molecule has 0 spiro atoms. The first-order valence-electron chi connectivity index (χ1n) is 13.6. The van der Waals surface area contributed by atoms with Crippen molar-refractivity contribution >= 4 is 44.5 Å². The molecule has 16 heteroatoms. The van der Waals surface area contributed by atoms with Crippen molar-refractivity contribution in [3.05, 3.63) is 59.9 Å². The lowest BCUT2D eigenvalue weighted by molar-refractivity contribution is -0.137. The number of nitrogens with one attached hydrogen (secondary N) is 1. The predicted molar refractivity (Wildman–Crippen MR) is 147 cm³/mol. The van der Waals surface area contributed by atoms with E-state index in [1.807, 2.05) is 0 Å². The van der Waals surface area contributed by atoms with E-state index < -0.39 is 74.6 Å². The van der Waals surface area contributed by atoms with Gasteiger partial charge in [0.2, 0.25) is 16.9 Å². The van der Waals surface area contributed by atoms with Gasteiger partial charge in [0.15, 0.2) is 0 Å². The lowest BCUT2D eigenvalue weighted by Gasteiger charge is -2.40. The van der Waals surface area contributed by atoms with Crippen LogP contribution in [0.5, 0.6) is 0 Å². The number of carbonyl (C=O) groups is 3. The SMILES string of the molecule is CC(C)N1C(=O)C(CNC(=O)[C@@H]2[C@@H](O)CCN2S(=O)(=O)c2cc3cc(F)ccc3o2)CN(c2ccc(C(F)(F)F)cc2)C1=O. The Morgan fingerprint density at radius 1 is 1.11 bits per heavy atom. The maximum absolute atomic E-state index is 13.6. The number of fused-ring (bicyclic) bond motifs is 1. The number of aliphatic hydroxyl groups excluding tert-OH is 1. The number of anilines is 1. The minimum absolute atomic E-state index is 0.0775. The molecule has 1 unspecified atom stereocenters. The van der Waals surface area contributed by atoms with Crippen LogP contribution >= 0.6 is 0 Å². The number of halogens is 4. The normalized spacial score (nSPS) is 22.0. The Hall–Kier alpha value is -4.02. The molecule has 0 saturated carbocycles. The molecule has 11 nitrogen and oxygen atoms in total. The fraction of sp³-hybridized carbons (Fsp3) is 0.393. The number of carbonyl (C=O) groups excluding carboxylic acids is 3. The average molecular weight is 641 g/mol. The van der Waals surface area contributed by atoms with Gasteiger partial charge < -0.3 is 14.8 Å². The highest BCUT2D eigenvalue weighted by Gasteiger charge is 2.47. The molecule has 3 heterocycles. The third kappa shape index (κ3) is 5.76. The number of sulfonamides is 1. The smallest absolute Gasteiger partial charge is 0.416 e. The topological polar surface area (TPSA) is 140 Å². The van der Waals surface area contributed by atoms with E-state index in [2.05, 4.69) is 5.32 Å². The van der Waals surface area contributed by atoms with Crippen LogP contribution < -0.4 is 10.2 Å². The molecule has 2 aliphatic rings. The molecule has 0 aliphatic carbocycles. The minimum atomic E-state index is -4.59. The van der Waals surface area contributed by atoms with E-state index in [9.17, 15) is 45.5 Å². The van der Waals surface area contributed by atoms with Crippen LogP contribution in [0.4, 0.5) is 28.0 Å². The summed E-state index contributed by atoms with van der Waals surface area (Å²) in [5, 5.41) is 12.7. The van der Waals surface area contributed by atoms with Gasteiger partial charge in [0.05, 0.1) is 17.6 Å². The molecule has 4 amide bonds. The zero-order valence-electron chi connectivity index (χ0n) is 23.4. The number of amides is 4. The number of nitrogens with zero attached hydrogens (tertiary/aromatic N) is 3. The molecule has 2 aliphatic heterocycles. The number of hydrogen-bond acceptors (Lipinski definition) is 7. The fourth-order valence-electron chi connectivity index (χ4n) is 5.36. The van der Waals surface area contributed by atoms with E-state index >= 15 is 0 Å². The maximum atomic E-state index is 13.6. The van der Waals surface area contributed by atoms with Crippen molar-refractivity contribution in [2.45, 2.75) is 49.7 Å². The Labute approximate surface area is 249 Å². The highest BCUT2D eigenvalue weighted by Crippen LogP contribution is 2.33. The standard InChI is InChI=1S/C28H28F4N4O7S/c1-15(2)36-26(39)17(14-34(27(36)40)20-6-3-18(4-7-20)28(30,31)32)13-33-25(38)24-21(37)9-10-35(24)44(41,42)23-12-16-11-19(29)5-8-22(16)43-23/h3-8,11-12,15,17,21,24,37H,9-10,13-14H2,1-2H3,(H,33,38)/t17?,21-,24-/m0/s1. The van der Waals surface area contributed by atoms with E-state index in [-0.39, 0.29) is 42.7 Å². The monoisotopic (exact) mass is 640 g/mol. The molecule has 236 valence electrons. The van der Waals surface area contributed by atoms with Crippen LogP contribution in [0.15, 0.2) is 58.0 Å². The number of urea groups is 1. The van der Waals surface area contributed by atoms with Crippen molar-refractivity contribution in [2.75, 3.05) is 24.5 Å². The first-order valence-corrected chi connectivity index (χ1v) is 15.0. The summed E-state index contributed by atoms with van der Waals surface area (Å²) in [5.41, 5.74) is -0.717. The molecule has 0 bridgehead atoms. The summed E-state index contributed by atoms with van der Waals surface area (Å²) in [6.45, 7) is 2.27. The Morgan fingerprint density at radius 2 is 1.80 bits per heavy atom. The number of furan rings is 1. The van der Waals surface area contributed by atoms with E-state index in [0.717, 1.165) is 56.6 Å². The highest BCUT2D eigenvalue weighted by atomic mass is 32.2. The van der Waals surface area contributed by atoms with Gasteiger partial charge in [-0.05, 0) is 62.7 Å². The van der Waals surface area contributed by atoms with Crippen LogP contribution in [-0.2, 0) is 25.8 Å². The zero-order valence-corrected chi connectivity index (χ0v) is 24.2. The molecular formula is C28H28F4N4O7S. The molecule has 0 radical (unpaired) electrons. The molecule has 3 aromatic rings. The maximum Gasteiger partial charge on any atom is 0.416 e. The molecule has 1 aromatic heterocycles. The fourth-order valence-corrected chi connectivity index (χ4v) is 6.94. The van der Waals surface area contributed by atoms with Crippen LogP contribution in [0.25, 0.3) is 11.0 Å². The van der Waals surface area contributed by atoms with Gasteiger partial charge in [0.25, 0.3) is 10.0 Å². The third-order valence-corrected chi connectivity index (χ3v) is 9.32. The lowest BCUT2D eigenvalue weighted by atomic mass is 10.0. The first-order chi connectivity index (χ1) is 20.6. The first kappa shape index (κ1) is 31.4. The van der Waals surface area contributed by atoms with Crippen LogP contribution in [-0.4, -0.2) is 78.4 Å². The molecule has 2 aromatic carbocycles. The van der Waals surface area contributed by atoms with Crippen molar-refractivity contribution in [3.63, 3.8) is 0 Å². The number of hydrogen-bond donors (Lipinski definition) is 2. The van der Waals surface area contributed by atoms with Gasteiger partial charge in [0, 0.05) is 42.8 Å². The molecule has 3 atom stereocenters. The van der Waals surface area contributed by atoms with Crippen molar-refractivity contribution in [1.82, 2.24) is 14.5 Å². The van der Waals surface area contributed by atoms with Gasteiger partial charge in [0.1, 0.15) is 17.4 Å². The second-order valence-electron chi connectivity index (χ2n) is 10.8. The summed E-state index contributed by atoms with van der Waals surface area (Å²) < 4.78 is 85.8. The number of aliphatic hydroxyl groups is 1. The van der Waals surface area contributed by atoms with E-state index in [1.165, 1.54) is 6.07 Å². The van der Waals surface area contributed by atoms with Gasteiger partial charge in [-0.25, -0.2) is 17.6 Å². The largest absolute Gasteiger partial charge is 0.443 e. The summed E-state index contributed by atoms with van der Waals surface area (Å²) >= 11 is 0. The quantitative estimate of drug-likeness (QED) is 0.378. The van der Waals surface area contributed by atoms with Gasteiger partial charge in [-0.2, -0.15) is 17.5 Å². The predicted octanol–water partition coefficient (Wildman–Crippen LogP) is 3.32. The summed E-state index contributed by atoms with van der Waals surface area (Å²) in [6, 6.07) is 5.42. The minimum Gasteiger partial charge on any atom is -0.443 e. The van der Waals surface area contributed by atoms with E-state index in [1.54, 1.807) is 13.8 Å². The Kier molecular flexibility index (Phi) is 8.20. The van der Waals surface area contributed by atoms with Gasteiger partial charge in [-0.1, -0.05) is 0 Å². The molecule has 2 saturated heterocycles. The van der Waals surface area contributed by atoms with Crippen molar-refractivity contribution < 1.29 is 49.9 Å². The lowest BCUT2D eigenvalue weighted by Crippen LogP contribution is -2.61. The average Bonchev–Trinajstić information content (AvgIpc) is 3.56. The van der Waals surface area contributed by atoms with Crippen molar-refractivity contribution in [3.8, 4) is 0 Å². The molecule has 2 N–H and O–H groups in total. The van der Waals surface area contributed by atoms with Gasteiger partial charge >= 0.3 is 12.2 Å². The summed E-state index contributed by atoms with van der Waals surface area (Å²) in [5.74, 6) is -3.21. The number of alkyl halides is 3. The van der Waals surface area contributed by atoms with Crippen LogP contribution in [0, 0.1) is 11.7 Å². The summed E-state index contributed by atoms with van der Waals surface area (Å²) in [7, 11) is -4.47. The zero-order chi connectivity index (χ0) is 32.1. The molecule has 2 fully saturated rings. The highest BCUT2D eigenvalue weighted by molar-refractivity contribution is 7.89. The summed E-state index contributed by atoms with van der Waals surface area (Å²) in [6.07, 6.45) is -6.07. The number of benzene rings is 2. The van der Waals surface area contributed by atoms with Crippen LogP contribution in [0.1, 0.15) is 25.8 Å². The summed E-state index contributed by atoms with van der Waals surface area (Å²) in [4.78, 5) is 41.8. The third-order valence-electron chi connectivity index (χ3n) is 7.58. The Morgan fingerprint density at radius 3 is 2.43 bits per heavy atom. The van der Waals surface area contributed by atoms with Crippen molar-refractivity contribution in [1.29, 1.82) is 0 Å². The second kappa shape index (κ2) is 11.5. The molecule has 44 heavy (non-hydrogen) atoms. The second-order valence-corrected chi connectivity index (χ2v) is 12.7. The van der Waals surface area contributed by atoms with Crippen LogP contribution in [0.2, 0.25) is 0 Å². The number of rotatable bonds is 7. The molecule has 5 rings (SSSR count). The Balaban J connectivity index is 1.35. The molecular weight excluding hydrogens is 612 g/mol. The van der Waals surface area contributed by atoms with Crippen LogP contribution in [0.3, 0.4) is 0 Å². The number of imide groups is 1. The Bertz CT molecular complexity index is 1710. The van der Waals surface area contributed by atoms with Gasteiger partial charge in [-0.15, -0.1) is 0 Å². The van der Waals surface area contributed by atoms with Gasteiger partial charge in [-0.3, -0.25) is 19.4 Å². The van der Waals surface area contributed by atoms with E-state index in [0.29, 0.717) is 0 Å². The van der Waals surface area contributed by atoms with Crippen molar-refractivity contribution in [2.24, 2.45) is 5.92 Å².